The molecule has 216 valence electrons. The molecule has 5 aromatic rings. The number of ether oxygens (including phenoxy) is 3. The van der Waals surface area contributed by atoms with Gasteiger partial charge in [0.15, 0.2) is 11.9 Å². The summed E-state index contributed by atoms with van der Waals surface area (Å²) in [5.41, 5.74) is -0.457. The highest BCUT2D eigenvalue weighted by molar-refractivity contribution is 6.14. The summed E-state index contributed by atoms with van der Waals surface area (Å²) in [4.78, 5) is 16.9. The van der Waals surface area contributed by atoms with Gasteiger partial charge in [0.05, 0.1) is 18.1 Å². The third-order valence-electron chi connectivity index (χ3n) is 8.67. The highest BCUT2D eigenvalue weighted by Crippen LogP contribution is 2.47. The van der Waals surface area contributed by atoms with Crippen molar-refractivity contribution in [3.8, 4) is 5.75 Å². The van der Waals surface area contributed by atoms with Crippen LogP contribution in [0.15, 0.2) is 85.1 Å². The predicted octanol–water partition coefficient (Wildman–Crippen LogP) is 3.69. The molecule has 2 heterocycles. The Labute approximate surface area is 240 Å². The average molecular weight is 570 g/mol. The Hall–Kier alpha value is -3.83. The third-order valence-corrected chi connectivity index (χ3v) is 8.67. The van der Waals surface area contributed by atoms with Crippen LogP contribution in [0.2, 0.25) is 0 Å². The number of aromatic nitrogens is 1. The summed E-state index contributed by atoms with van der Waals surface area (Å²) in [5, 5.41) is 48.9. The van der Waals surface area contributed by atoms with Gasteiger partial charge < -0.3 is 39.6 Å². The highest BCUT2D eigenvalue weighted by Gasteiger charge is 2.68. The Morgan fingerprint density at radius 3 is 2.43 bits per heavy atom. The second-order valence-electron chi connectivity index (χ2n) is 11.4. The van der Waals surface area contributed by atoms with Gasteiger partial charge >= 0.3 is 5.97 Å². The van der Waals surface area contributed by atoms with Gasteiger partial charge in [-0.05, 0) is 58.1 Å². The van der Waals surface area contributed by atoms with Crippen LogP contribution in [0.3, 0.4) is 0 Å². The standard InChI is InChI=1S/C33H31NO8/c35-23-12-13-32(38,16-23)33(39)30(36)28(40-18-19-6-2-1-3-7-19)29(42-33)31(37)41-26-17-34-25-11-10-22-14-20-8-4-5-9-21(20)15-24(22)27(25)26/h1-11,14-15,17,23,28-30,34-36,38-39H,12-13,16,18H2. The predicted molar refractivity (Wildman–Crippen MR) is 155 cm³/mol. The van der Waals surface area contributed by atoms with E-state index in [0.29, 0.717) is 5.39 Å². The summed E-state index contributed by atoms with van der Waals surface area (Å²) >= 11 is 0. The van der Waals surface area contributed by atoms with Crippen LogP contribution in [0.5, 0.6) is 5.75 Å². The minimum absolute atomic E-state index is 0.0115. The molecule has 1 saturated heterocycles. The minimum Gasteiger partial charge on any atom is -0.422 e. The van der Waals surface area contributed by atoms with Crippen molar-refractivity contribution in [1.29, 1.82) is 0 Å². The number of rotatable bonds is 6. The van der Waals surface area contributed by atoms with Crippen molar-refractivity contribution in [2.75, 3.05) is 0 Å². The van der Waals surface area contributed by atoms with Crippen LogP contribution in [-0.2, 0) is 20.9 Å². The van der Waals surface area contributed by atoms with Crippen LogP contribution < -0.4 is 4.74 Å². The topological polar surface area (TPSA) is 141 Å². The maximum Gasteiger partial charge on any atom is 0.343 e. The van der Waals surface area contributed by atoms with Gasteiger partial charge in [-0.2, -0.15) is 0 Å². The van der Waals surface area contributed by atoms with Gasteiger partial charge in [-0.15, -0.1) is 0 Å². The number of hydrogen-bond donors (Lipinski definition) is 5. The van der Waals surface area contributed by atoms with Gasteiger partial charge in [0.1, 0.15) is 17.8 Å². The van der Waals surface area contributed by atoms with E-state index in [4.69, 9.17) is 14.2 Å². The van der Waals surface area contributed by atoms with Crippen molar-refractivity contribution in [3.05, 3.63) is 90.6 Å². The molecule has 2 aliphatic rings. The van der Waals surface area contributed by atoms with Crippen molar-refractivity contribution < 1.29 is 39.4 Å². The highest BCUT2D eigenvalue weighted by atomic mass is 16.7. The molecular formula is C33H31NO8. The molecule has 1 saturated carbocycles. The third kappa shape index (κ3) is 4.37. The molecule has 7 rings (SSSR count). The van der Waals surface area contributed by atoms with Crippen LogP contribution in [0.4, 0.5) is 0 Å². The first-order valence-electron chi connectivity index (χ1n) is 14.0. The summed E-state index contributed by atoms with van der Waals surface area (Å²) in [6, 6.07) is 25.2. The quantitative estimate of drug-likeness (QED) is 0.154. The van der Waals surface area contributed by atoms with Crippen molar-refractivity contribution in [3.63, 3.8) is 0 Å². The van der Waals surface area contributed by atoms with Crippen LogP contribution in [-0.4, -0.2) is 67.2 Å². The fourth-order valence-electron chi connectivity index (χ4n) is 6.42. The summed E-state index contributed by atoms with van der Waals surface area (Å²) in [6.45, 7) is 0.0115. The molecule has 0 radical (unpaired) electrons. The Morgan fingerprint density at radius 1 is 0.952 bits per heavy atom. The molecule has 4 aromatic carbocycles. The molecule has 0 spiro atoms. The number of carbonyl (C=O) groups is 1. The number of aliphatic hydroxyl groups is 4. The zero-order valence-electron chi connectivity index (χ0n) is 22.6. The summed E-state index contributed by atoms with van der Waals surface area (Å²) in [6.07, 6.45) is -4.10. The SMILES string of the molecule is O=C(Oc1c[nH]c2ccc3cc4ccccc4cc3c12)C1OC(O)(C2(O)CCC(O)C2)C(O)C1OCc1ccccc1. The summed E-state index contributed by atoms with van der Waals surface area (Å²) < 4.78 is 17.7. The fraction of sp³-hybridized carbons (Fsp3) is 0.303. The molecule has 1 aliphatic carbocycles. The molecule has 1 aliphatic heterocycles. The Balaban J connectivity index is 1.23. The molecule has 5 N–H and O–H groups in total. The molecule has 6 atom stereocenters. The van der Waals surface area contributed by atoms with Crippen molar-refractivity contribution in [2.24, 2.45) is 0 Å². The molecule has 6 unspecified atom stereocenters. The normalized spacial score (nSPS) is 29.5. The van der Waals surface area contributed by atoms with E-state index in [1.807, 2.05) is 72.8 Å². The van der Waals surface area contributed by atoms with Crippen LogP contribution in [0.25, 0.3) is 32.4 Å². The zero-order chi connectivity index (χ0) is 29.1. The first kappa shape index (κ1) is 27.0. The number of carbonyl (C=O) groups excluding carboxylic acids is 1. The van der Waals surface area contributed by atoms with E-state index in [-0.39, 0.29) is 31.6 Å². The number of benzene rings is 4. The number of nitrogens with one attached hydrogen (secondary N) is 1. The number of esters is 1. The van der Waals surface area contributed by atoms with E-state index >= 15 is 0 Å². The number of aliphatic hydroxyl groups excluding tert-OH is 2. The first-order valence-corrected chi connectivity index (χ1v) is 14.0. The fourth-order valence-corrected chi connectivity index (χ4v) is 6.42. The van der Waals surface area contributed by atoms with E-state index in [1.165, 1.54) is 0 Å². The Bertz CT molecular complexity index is 1790. The van der Waals surface area contributed by atoms with Crippen LogP contribution in [0.1, 0.15) is 24.8 Å². The number of hydrogen-bond acceptors (Lipinski definition) is 8. The van der Waals surface area contributed by atoms with Gasteiger partial charge in [-0.3, -0.25) is 0 Å². The van der Waals surface area contributed by atoms with Crippen LogP contribution in [0, 0.1) is 0 Å². The smallest absolute Gasteiger partial charge is 0.343 e. The van der Waals surface area contributed by atoms with E-state index in [1.54, 1.807) is 6.20 Å². The maximum absolute atomic E-state index is 13.7. The number of aromatic amines is 1. The largest absolute Gasteiger partial charge is 0.422 e. The maximum atomic E-state index is 13.7. The number of H-pyrrole nitrogens is 1. The van der Waals surface area contributed by atoms with E-state index in [2.05, 4.69) is 11.1 Å². The summed E-state index contributed by atoms with van der Waals surface area (Å²) in [5.74, 6) is -3.22. The Kier molecular flexibility index (Phi) is 6.54. The van der Waals surface area contributed by atoms with E-state index < -0.39 is 41.8 Å². The monoisotopic (exact) mass is 569 g/mol. The molecule has 9 nitrogen and oxygen atoms in total. The first-order chi connectivity index (χ1) is 20.3. The molecule has 0 bridgehead atoms. The summed E-state index contributed by atoms with van der Waals surface area (Å²) in [7, 11) is 0. The van der Waals surface area contributed by atoms with Crippen LogP contribution >= 0.6 is 0 Å². The van der Waals surface area contributed by atoms with E-state index in [9.17, 15) is 25.2 Å². The molecule has 9 heteroatoms. The van der Waals surface area contributed by atoms with Crippen molar-refractivity contribution >= 4 is 38.4 Å². The van der Waals surface area contributed by atoms with Gasteiger partial charge in [0.2, 0.25) is 5.79 Å². The second-order valence-corrected chi connectivity index (χ2v) is 11.4. The van der Waals surface area contributed by atoms with E-state index in [0.717, 1.165) is 32.6 Å². The van der Waals surface area contributed by atoms with Gasteiger partial charge in [0.25, 0.3) is 0 Å². The van der Waals surface area contributed by atoms with Crippen molar-refractivity contribution in [1.82, 2.24) is 4.98 Å². The Morgan fingerprint density at radius 2 is 1.69 bits per heavy atom. The second kappa shape index (κ2) is 10.2. The lowest BCUT2D eigenvalue weighted by molar-refractivity contribution is -0.314. The molecule has 0 amide bonds. The lowest BCUT2D eigenvalue weighted by Crippen LogP contribution is -2.60. The lowest BCUT2D eigenvalue weighted by Gasteiger charge is -2.39. The molecule has 42 heavy (non-hydrogen) atoms. The zero-order valence-corrected chi connectivity index (χ0v) is 22.6. The minimum atomic E-state index is -2.57. The molecular weight excluding hydrogens is 538 g/mol. The van der Waals surface area contributed by atoms with Crippen molar-refractivity contribution in [2.45, 2.75) is 61.7 Å². The van der Waals surface area contributed by atoms with Gasteiger partial charge in [-0.25, -0.2) is 4.79 Å². The average Bonchev–Trinajstić information content (AvgIpc) is 3.66. The lowest BCUT2D eigenvalue weighted by atomic mass is 9.86. The van der Waals surface area contributed by atoms with Gasteiger partial charge in [0, 0.05) is 18.1 Å². The molecule has 2 fully saturated rings. The van der Waals surface area contributed by atoms with Gasteiger partial charge in [-0.1, -0.05) is 60.7 Å². The number of fused-ring (bicyclic) bond motifs is 4. The molecule has 1 aromatic heterocycles.